The van der Waals surface area contributed by atoms with Crippen molar-refractivity contribution in [2.75, 3.05) is 0 Å². The maximum atomic E-state index is 11.1. The van der Waals surface area contributed by atoms with Crippen LogP contribution in [-0.2, 0) is 6.61 Å². The second-order valence-electron chi connectivity index (χ2n) is 4.96. The molecule has 0 spiro atoms. The third-order valence-electron chi connectivity index (χ3n) is 3.33. The first-order chi connectivity index (χ1) is 11.7. The molecule has 0 radical (unpaired) electrons. The number of nitrogens with zero attached hydrogens (tertiary/aromatic N) is 1. The highest BCUT2D eigenvalue weighted by atomic mass is 35.5. The second kappa shape index (κ2) is 7.16. The Balaban J connectivity index is 1.63. The molecule has 2 aromatic carbocycles. The lowest BCUT2D eigenvalue weighted by Gasteiger charge is -2.05. The van der Waals surface area contributed by atoms with Gasteiger partial charge in [0.15, 0.2) is 0 Å². The van der Waals surface area contributed by atoms with Gasteiger partial charge < -0.3 is 9.26 Å². The Kier molecular flexibility index (Phi) is 4.79. The van der Waals surface area contributed by atoms with Gasteiger partial charge in [0.25, 0.3) is 5.88 Å². The lowest BCUT2D eigenvalue weighted by molar-refractivity contribution is 0.0666. The van der Waals surface area contributed by atoms with Crippen molar-refractivity contribution in [3.63, 3.8) is 0 Å². The van der Waals surface area contributed by atoms with Crippen molar-refractivity contribution in [3.8, 4) is 17.0 Å². The maximum absolute atomic E-state index is 11.1. The highest BCUT2D eigenvalue weighted by molar-refractivity contribution is 6.30. The molecule has 122 valence electrons. The minimum absolute atomic E-state index is 0.134. The summed E-state index contributed by atoms with van der Waals surface area (Å²) in [6.07, 6.45) is 0. The number of aromatic nitrogens is 1. The number of carbonyl (C=O) groups is 1. The van der Waals surface area contributed by atoms with E-state index in [-0.39, 0.29) is 18.2 Å². The van der Waals surface area contributed by atoms with Crippen molar-refractivity contribution >= 4 is 17.5 Å². The first-order valence-electron chi connectivity index (χ1n) is 7.04. The van der Waals surface area contributed by atoms with Crippen LogP contribution in [0.2, 0.25) is 5.02 Å². The van der Waals surface area contributed by atoms with Crippen LogP contribution in [0.1, 0.15) is 16.1 Å². The smallest absolute Gasteiger partial charge is 0.313 e. The molecule has 7 heteroatoms. The Bertz CT molecular complexity index is 829. The first-order valence-corrected chi connectivity index (χ1v) is 7.42. The molecule has 0 bridgehead atoms. The van der Waals surface area contributed by atoms with Crippen LogP contribution in [0, 0.1) is 0 Å². The monoisotopic (exact) mass is 344 g/mol. The first kappa shape index (κ1) is 16.0. The average Bonchev–Trinajstić information content (AvgIpc) is 3.09. The van der Waals surface area contributed by atoms with Crippen LogP contribution in [0.5, 0.6) is 5.88 Å². The summed E-state index contributed by atoms with van der Waals surface area (Å²) in [6.45, 7) is 0.271. The van der Waals surface area contributed by atoms with Gasteiger partial charge in [-0.1, -0.05) is 48.0 Å². The molecule has 2 N–H and O–H groups in total. The normalized spacial score (nSPS) is 10.4. The maximum Gasteiger partial charge on any atom is 0.313 e. The van der Waals surface area contributed by atoms with Crippen molar-refractivity contribution in [1.29, 1.82) is 0 Å². The molecule has 24 heavy (non-hydrogen) atoms. The van der Waals surface area contributed by atoms with Crippen LogP contribution in [-0.4, -0.2) is 16.3 Å². The fraction of sp³-hybridized carbons (Fsp3) is 0.0588. The zero-order valence-corrected chi connectivity index (χ0v) is 13.2. The van der Waals surface area contributed by atoms with Crippen LogP contribution < -0.4 is 10.2 Å². The number of rotatable bonds is 5. The molecule has 0 atom stereocenters. The highest BCUT2D eigenvalue weighted by Crippen LogP contribution is 2.22. The van der Waals surface area contributed by atoms with E-state index in [1.807, 2.05) is 48.5 Å². The van der Waals surface area contributed by atoms with E-state index in [0.717, 1.165) is 16.7 Å². The third-order valence-corrected chi connectivity index (χ3v) is 3.58. The molecular weight excluding hydrogens is 332 g/mol. The summed E-state index contributed by atoms with van der Waals surface area (Å²) in [5, 5.41) is 12.8. The van der Waals surface area contributed by atoms with Gasteiger partial charge in [-0.2, -0.15) is 0 Å². The Labute approximate surface area is 142 Å². The number of amides is 1. The van der Waals surface area contributed by atoms with Crippen molar-refractivity contribution in [1.82, 2.24) is 10.6 Å². The predicted octanol–water partition coefficient (Wildman–Crippen LogP) is 3.69. The van der Waals surface area contributed by atoms with Gasteiger partial charge in [-0.15, -0.1) is 0 Å². The highest BCUT2D eigenvalue weighted by Gasteiger charge is 2.12. The van der Waals surface area contributed by atoms with Crippen molar-refractivity contribution in [3.05, 3.63) is 70.9 Å². The van der Waals surface area contributed by atoms with Gasteiger partial charge in [-0.3, -0.25) is 10.0 Å². The molecule has 0 aliphatic heterocycles. The lowest BCUT2D eigenvalue weighted by Crippen LogP contribution is -2.17. The minimum Gasteiger partial charge on any atom is -0.471 e. The molecule has 3 aromatic rings. The Morgan fingerprint density at radius 2 is 1.75 bits per heavy atom. The van der Waals surface area contributed by atoms with Crippen LogP contribution in [0.25, 0.3) is 11.1 Å². The van der Waals surface area contributed by atoms with E-state index in [1.54, 1.807) is 0 Å². The molecule has 0 saturated carbocycles. The molecule has 0 fully saturated rings. The SMILES string of the molecule is O=C(NO)c1cc(OCc2ccc(-c3ccc(Cl)cc3)cc2)no1. The van der Waals surface area contributed by atoms with Gasteiger partial charge in [-0.25, -0.2) is 5.48 Å². The number of halogens is 1. The van der Waals surface area contributed by atoms with E-state index in [2.05, 4.69) is 5.16 Å². The van der Waals surface area contributed by atoms with Gasteiger partial charge in [-0.05, 0) is 34.0 Å². The number of hydrogen-bond acceptors (Lipinski definition) is 5. The summed E-state index contributed by atoms with van der Waals surface area (Å²) in [5.74, 6) is -0.759. The van der Waals surface area contributed by atoms with E-state index in [9.17, 15) is 4.79 Å². The average molecular weight is 345 g/mol. The van der Waals surface area contributed by atoms with Crippen molar-refractivity contribution < 1.29 is 19.3 Å². The summed E-state index contributed by atoms with van der Waals surface area (Å²) >= 11 is 5.89. The van der Waals surface area contributed by atoms with E-state index >= 15 is 0 Å². The van der Waals surface area contributed by atoms with Gasteiger partial charge >= 0.3 is 5.91 Å². The third kappa shape index (κ3) is 3.73. The van der Waals surface area contributed by atoms with Gasteiger partial charge in [0.1, 0.15) is 6.61 Å². The second-order valence-corrected chi connectivity index (χ2v) is 5.40. The van der Waals surface area contributed by atoms with E-state index in [4.69, 9.17) is 26.1 Å². The lowest BCUT2D eigenvalue weighted by atomic mass is 10.0. The Morgan fingerprint density at radius 3 is 2.38 bits per heavy atom. The number of hydrogen-bond donors (Lipinski definition) is 2. The number of ether oxygens (including phenoxy) is 1. The summed E-state index contributed by atoms with van der Waals surface area (Å²) in [4.78, 5) is 11.1. The van der Waals surface area contributed by atoms with Gasteiger partial charge in [0.2, 0.25) is 5.76 Å². The molecule has 1 aromatic heterocycles. The fourth-order valence-corrected chi connectivity index (χ4v) is 2.21. The molecule has 0 aliphatic rings. The zero-order valence-electron chi connectivity index (χ0n) is 12.4. The van der Waals surface area contributed by atoms with Crippen molar-refractivity contribution in [2.24, 2.45) is 0 Å². The summed E-state index contributed by atoms with van der Waals surface area (Å²) in [6, 6.07) is 16.7. The molecule has 0 unspecified atom stereocenters. The largest absolute Gasteiger partial charge is 0.471 e. The Morgan fingerprint density at radius 1 is 1.12 bits per heavy atom. The van der Waals surface area contributed by atoms with Crippen LogP contribution >= 0.6 is 11.6 Å². The molecule has 6 nitrogen and oxygen atoms in total. The number of hydroxylamine groups is 1. The number of carbonyl (C=O) groups excluding carboxylic acids is 1. The quantitative estimate of drug-likeness (QED) is 0.544. The number of nitrogens with one attached hydrogen (secondary N) is 1. The fourth-order valence-electron chi connectivity index (χ4n) is 2.08. The molecular formula is C17H13ClN2O4. The van der Waals surface area contributed by atoms with Crippen LogP contribution in [0.3, 0.4) is 0 Å². The molecule has 1 amide bonds. The van der Waals surface area contributed by atoms with Crippen molar-refractivity contribution in [2.45, 2.75) is 6.61 Å². The van der Waals surface area contributed by atoms with E-state index < -0.39 is 5.91 Å². The topological polar surface area (TPSA) is 84.6 Å². The molecule has 0 saturated heterocycles. The summed E-state index contributed by atoms with van der Waals surface area (Å²) < 4.78 is 10.2. The van der Waals surface area contributed by atoms with E-state index in [0.29, 0.717) is 5.02 Å². The van der Waals surface area contributed by atoms with E-state index in [1.165, 1.54) is 11.5 Å². The molecule has 0 aliphatic carbocycles. The predicted molar refractivity (Wildman–Crippen MR) is 87.0 cm³/mol. The standard InChI is InChI=1S/C17H13ClN2O4/c18-14-7-5-13(6-8-14)12-3-1-11(2-4-12)10-23-16-9-15(24-20-16)17(21)19-22/h1-9,22H,10H2,(H,19,21). The minimum atomic E-state index is -0.787. The molecule has 1 heterocycles. The molecule has 3 rings (SSSR count). The zero-order chi connectivity index (χ0) is 16.9. The summed E-state index contributed by atoms with van der Waals surface area (Å²) in [5.41, 5.74) is 4.53. The van der Waals surface area contributed by atoms with Gasteiger partial charge in [0.05, 0.1) is 6.07 Å². The van der Waals surface area contributed by atoms with Crippen LogP contribution in [0.4, 0.5) is 0 Å². The number of benzene rings is 2. The van der Waals surface area contributed by atoms with Gasteiger partial charge in [0, 0.05) is 5.02 Å². The Hall–Kier alpha value is -2.83. The summed E-state index contributed by atoms with van der Waals surface area (Å²) in [7, 11) is 0. The van der Waals surface area contributed by atoms with Crippen LogP contribution in [0.15, 0.2) is 59.1 Å².